The number of hydrogen-bond acceptors (Lipinski definition) is 5. The zero-order valence-corrected chi connectivity index (χ0v) is 25.8. The maximum Gasteiger partial charge on any atom is 0.139 e. The summed E-state index contributed by atoms with van der Waals surface area (Å²) in [6, 6.07) is 24.7. The summed E-state index contributed by atoms with van der Waals surface area (Å²) in [6.07, 6.45) is 10.0. The van der Waals surface area contributed by atoms with Crippen LogP contribution in [0.15, 0.2) is 66.7 Å². The van der Waals surface area contributed by atoms with E-state index >= 15 is 0 Å². The Balaban J connectivity index is 0.944. The van der Waals surface area contributed by atoms with Gasteiger partial charge in [-0.25, -0.2) is 9.97 Å². The van der Waals surface area contributed by atoms with E-state index in [2.05, 4.69) is 98.8 Å². The Morgan fingerprint density at radius 3 is 2.24 bits per heavy atom. The van der Waals surface area contributed by atoms with Crippen LogP contribution in [0, 0.1) is 25.7 Å². The molecule has 2 heterocycles. The topological polar surface area (TPSA) is 60.2 Å². The van der Waals surface area contributed by atoms with Gasteiger partial charge in [0.25, 0.3) is 0 Å². The minimum Gasteiger partial charge on any atom is -0.488 e. The van der Waals surface area contributed by atoms with Crippen molar-refractivity contribution in [1.82, 2.24) is 15.3 Å². The van der Waals surface area contributed by atoms with Crippen LogP contribution in [0.5, 0.6) is 5.75 Å². The van der Waals surface area contributed by atoms with Gasteiger partial charge in [0, 0.05) is 38.0 Å². The molecule has 4 aromatic rings. The number of nitrogens with zero attached hydrogens (tertiary/aromatic N) is 3. The van der Waals surface area contributed by atoms with E-state index < -0.39 is 0 Å². The molecule has 0 bridgehead atoms. The van der Waals surface area contributed by atoms with Crippen LogP contribution in [0.25, 0.3) is 10.9 Å². The fourth-order valence-electron chi connectivity index (χ4n) is 7.03. The van der Waals surface area contributed by atoms with E-state index in [1.54, 1.807) is 0 Å². The molecule has 0 amide bonds. The van der Waals surface area contributed by atoms with Crippen molar-refractivity contribution in [3.63, 3.8) is 0 Å². The monoisotopic (exact) mass is 562 g/mol. The van der Waals surface area contributed by atoms with Gasteiger partial charge in [-0.05, 0) is 79.3 Å². The average molecular weight is 563 g/mol. The van der Waals surface area contributed by atoms with Gasteiger partial charge in [-0.1, -0.05) is 80.3 Å². The van der Waals surface area contributed by atoms with Crippen LogP contribution in [0.1, 0.15) is 66.6 Å². The van der Waals surface area contributed by atoms with Crippen molar-refractivity contribution in [2.24, 2.45) is 11.8 Å². The lowest BCUT2D eigenvalue weighted by Crippen LogP contribution is -2.18. The number of aryl methyl sites for hydroxylation is 3. The molecule has 1 saturated carbocycles. The molecular formula is C37H46N4O. The van der Waals surface area contributed by atoms with Gasteiger partial charge in [-0.3, -0.25) is 0 Å². The summed E-state index contributed by atoms with van der Waals surface area (Å²) in [6.45, 7) is 4.98. The Kier molecular flexibility index (Phi) is 8.76. The van der Waals surface area contributed by atoms with E-state index in [9.17, 15) is 0 Å². The van der Waals surface area contributed by atoms with Crippen molar-refractivity contribution >= 4 is 16.7 Å². The lowest BCUT2D eigenvalue weighted by atomic mass is 9.78. The number of rotatable bonds is 11. The van der Waals surface area contributed by atoms with Crippen LogP contribution >= 0.6 is 0 Å². The summed E-state index contributed by atoms with van der Waals surface area (Å²) in [7, 11) is 4.14. The standard InChI is InChI=1S/C37H46N4O/c1-25-20-30(21-26(2)36(25)42-24-29-10-6-5-7-11-29)23-34-33(38-34)22-28-16-14-27(15-17-28)18-19-35-39-32-13-9-8-12-31(32)37(40-35)41(3)4/h5-13,20-21,27-28,33-34,38H,14-19,22-24H2,1-4H3. The van der Waals surface area contributed by atoms with E-state index in [0.29, 0.717) is 18.7 Å². The molecule has 1 aliphatic carbocycles. The van der Waals surface area contributed by atoms with Gasteiger partial charge in [-0.2, -0.15) is 0 Å². The van der Waals surface area contributed by atoms with Crippen molar-refractivity contribution in [2.75, 3.05) is 19.0 Å². The number of anilines is 1. The number of hydrogen-bond donors (Lipinski definition) is 1. The van der Waals surface area contributed by atoms with Crippen LogP contribution in [0.2, 0.25) is 0 Å². The number of aromatic nitrogens is 2. The predicted molar refractivity (Wildman–Crippen MR) is 173 cm³/mol. The molecule has 2 atom stereocenters. The maximum atomic E-state index is 6.21. The van der Waals surface area contributed by atoms with Crippen molar-refractivity contribution in [3.8, 4) is 5.75 Å². The minimum atomic E-state index is 0.616. The second-order valence-electron chi connectivity index (χ2n) is 13.0. The molecule has 1 aliphatic heterocycles. The van der Waals surface area contributed by atoms with Crippen molar-refractivity contribution in [1.29, 1.82) is 0 Å². The molecule has 1 aromatic heterocycles. The summed E-state index contributed by atoms with van der Waals surface area (Å²) in [5, 5.41) is 4.93. The number of ether oxygens (including phenoxy) is 1. The van der Waals surface area contributed by atoms with Crippen LogP contribution in [-0.4, -0.2) is 36.1 Å². The van der Waals surface area contributed by atoms with E-state index in [1.165, 1.54) is 60.8 Å². The molecule has 2 fully saturated rings. The third-order valence-corrected chi connectivity index (χ3v) is 9.39. The largest absolute Gasteiger partial charge is 0.488 e. The molecule has 42 heavy (non-hydrogen) atoms. The molecule has 2 aliphatic rings. The van der Waals surface area contributed by atoms with Crippen LogP contribution in [0.3, 0.4) is 0 Å². The van der Waals surface area contributed by atoms with Crippen molar-refractivity contribution in [3.05, 3.63) is 94.8 Å². The molecule has 5 nitrogen and oxygen atoms in total. The highest BCUT2D eigenvalue weighted by molar-refractivity contribution is 5.89. The Bertz CT molecular complexity index is 1470. The fraction of sp³-hybridized carbons (Fsp3) is 0.459. The third-order valence-electron chi connectivity index (χ3n) is 9.39. The highest BCUT2D eigenvalue weighted by Gasteiger charge is 2.38. The molecule has 1 N–H and O–H groups in total. The number of para-hydroxylation sites is 1. The normalized spacial score (nSPS) is 21.8. The minimum absolute atomic E-state index is 0.616. The molecule has 0 radical (unpaired) electrons. The van der Waals surface area contributed by atoms with E-state index in [4.69, 9.17) is 14.7 Å². The Morgan fingerprint density at radius 1 is 0.810 bits per heavy atom. The first kappa shape index (κ1) is 28.7. The first-order valence-corrected chi connectivity index (χ1v) is 15.9. The maximum absolute atomic E-state index is 6.21. The SMILES string of the molecule is Cc1cc(CC2NC2CC2CCC(CCc3nc(N(C)C)c4ccccc4n3)CC2)cc(C)c1OCc1ccccc1. The quantitative estimate of drug-likeness (QED) is 0.191. The van der Waals surface area contributed by atoms with Crippen LogP contribution in [0.4, 0.5) is 5.82 Å². The smallest absolute Gasteiger partial charge is 0.139 e. The molecule has 5 heteroatoms. The zero-order valence-electron chi connectivity index (χ0n) is 25.8. The Labute approximate surface area is 251 Å². The zero-order chi connectivity index (χ0) is 29.1. The second kappa shape index (κ2) is 12.8. The summed E-state index contributed by atoms with van der Waals surface area (Å²) >= 11 is 0. The fourth-order valence-corrected chi connectivity index (χ4v) is 7.03. The number of fused-ring (bicyclic) bond motifs is 1. The summed E-state index contributed by atoms with van der Waals surface area (Å²) < 4.78 is 6.21. The molecular weight excluding hydrogens is 516 g/mol. The lowest BCUT2D eigenvalue weighted by molar-refractivity contribution is 0.251. The molecule has 6 rings (SSSR count). The number of nitrogens with one attached hydrogen (secondary N) is 1. The summed E-state index contributed by atoms with van der Waals surface area (Å²) in [4.78, 5) is 11.9. The van der Waals surface area contributed by atoms with Crippen LogP contribution < -0.4 is 15.0 Å². The Morgan fingerprint density at radius 2 is 1.50 bits per heavy atom. The molecule has 2 unspecified atom stereocenters. The highest BCUT2D eigenvalue weighted by atomic mass is 16.5. The van der Waals surface area contributed by atoms with Gasteiger partial charge in [0.2, 0.25) is 0 Å². The summed E-state index contributed by atoms with van der Waals surface area (Å²) in [5.74, 6) is 4.72. The first-order valence-electron chi connectivity index (χ1n) is 15.9. The molecule has 3 aromatic carbocycles. The van der Waals surface area contributed by atoms with Gasteiger partial charge in [-0.15, -0.1) is 0 Å². The molecule has 0 spiro atoms. The van der Waals surface area contributed by atoms with Gasteiger partial charge < -0.3 is 15.0 Å². The first-order chi connectivity index (χ1) is 20.4. The van der Waals surface area contributed by atoms with Gasteiger partial charge >= 0.3 is 0 Å². The van der Waals surface area contributed by atoms with Gasteiger partial charge in [0.05, 0.1) is 5.52 Å². The number of benzene rings is 3. The lowest BCUT2D eigenvalue weighted by Gasteiger charge is -2.28. The van der Waals surface area contributed by atoms with Crippen LogP contribution in [-0.2, 0) is 19.4 Å². The van der Waals surface area contributed by atoms with Gasteiger partial charge in [0.1, 0.15) is 24.0 Å². The predicted octanol–water partition coefficient (Wildman–Crippen LogP) is 7.60. The molecule has 220 valence electrons. The van der Waals surface area contributed by atoms with E-state index in [1.807, 2.05) is 6.07 Å². The van der Waals surface area contributed by atoms with E-state index in [0.717, 1.165) is 53.0 Å². The molecule has 1 saturated heterocycles. The average Bonchev–Trinajstić information content (AvgIpc) is 3.72. The van der Waals surface area contributed by atoms with Gasteiger partial charge in [0.15, 0.2) is 0 Å². The summed E-state index contributed by atoms with van der Waals surface area (Å²) in [5.41, 5.74) is 6.16. The van der Waals surface area contributed by atoms with Crippen molar-refractivity contribution in [2.45, 2.75) is 83.9 Å². The Hall–Kier alpha value is -3.44. The van der Waals surface area contributed by atoms with Crippen molar-refractivity contribution < 1.29 is 4.74 Å². The highest BCUT2D eigenvalue weighted by Crippen LogP contribution is 2.37. The van der Waals surface area contributed by atoms with E-state index in [-0.39, 0.29) is 0 Å². The third kappa shape index (κ3) is 6.95. The second-order valence-corrected chi connectivity index (χ2v) is 13.0.